The molecule has 1 aliphatic rings. The molecule has 4 heteroatoms. The van der Waals surface area contributed by atoms with Crippen LogP contribution in [0.25, 0.3) is 0 Å². The summed E-state index contributed by atoms with van der Waals surface area (Å²) in [7, 11) is 0. The van der Waals surface area contributed by atoms with Crippen LogP contribution in [0.15, 0.2) is 0 Å². The van der Waals surface area contributed by atoms with Gasteiger partial charge in [0.15, 0.2) is 0 Å². The summed E-state index contributed by atoms with van der Waals surface area (Å²) in [5, 5.41) is 6.22. The van der Waals surface area contributed by atoms with E-state index in [1.807, 2.05) is 6.92 Å². The summed E-state index contributed by atoms with van der Waals surface area (Å²) in [6.45, 7) is 11.0. The van der Waals surface area contributed by atoms with Gasteiger partial charge in [-0.1, -0.05) is 13.8 Å². The van der Waals surface area contributed by atoms with E-state index in [2.05, 4.69) is 29.4 Å². The maximum absolute atomic E-state index is 11.9. The van der Waals surface area contributed by atoms with Crippen molar-refractivity contribution in [2.45, 2.75) is 39.7 Å². The van der Waals surface area contributed by atoms with E-state index >= 15 is 0 Å². The van der Waals surface area contributed by atoms with Gasteiger partial charge in [-0.25, -0.2) is 0 Å². The van der Waals surface area contributed by atoms with Crippen molar-refractivity contribution in [3.05, 3.63) is 0 Å². The van der Waals surface area contributed by atoms with Crippen molar-refractivity contribution in [2.75, 3.05) is 32.7 Å². The van der Waals surface area contributed by atoms with Crippen LogP contribution in [0.4, 0.5) is 0 Å². The Morgan fingerprint density at radius 2 is 2.29 bits per heavy atom. The maximum atomic E-state index is 11.9. The standard InChI is InChI=1S/C13H27N3O/c1-4-15-13(17)12-10-14-7-9-16(12)8-5-6-11(2)3/h11-12,14H,4-10H2,1-3H3,(H,15,17). The van der Waals surface area contributed by atoms with E-state index in [4.69, 9.17) is 0 Å². The van der Waals surface area contributed by atoms with Crippen molar-refractivity contribution in [3.8, 4) is 0 Å². The van der Waals surface area contributed by atoms with Crippen molar-refractivity contribution < 1.29 is 4.79 Å². The Kier molecular flexibility index (Phi) is 6.52. The topological polar surface area (TPSA) is 44.4 Å². The van der Waals surface area contributed by atoms with Crippen LogP contribution in [-0.4, -0.2) is 49.6 Å². The molecule has 1 aliphatic heterocycles. The summed E-state index contributed by atoms with van der Waals surface area (Å²) >= 11 is 0. The van der Waals surface area contributed by atoms with Gasteiger partial charge >= 0.3 is 0 Å². The first-order chi connectivity index (χ1) is 8.15. The number of nitrogens with one attached hydrogen (secondary N) is 2. The molecule has 100 valence electrons. The van der Waals surface area contributed by atoms with Gasteiger partial charge in [-0.2, -0.15) is 0 Å². The Hall–Kier alpha value is -0.610. The van der Waals surface area contributed by atoms with Crippen molar-refractivity contribution in [1.29, 1.82) is 0 Å². The maximum Gasteiger partial charge on any atom is 0.238 e. The highest BCUT2D eigenvalue weighted by molar-refractivity contribution is 5.82. The fraction of sp³-hybridized carbons (Fsp3) is 0.923. The first kappa shape index (κ1) is 14.5. The van der Waals surface area contributed by atoms with E-state index in [-0.39, 0.29) is 11.9 Å². The summed E-state index contributed by atoms with van der Waals surface area (Å²) < 4.78 is 0. The Morgan fingerprint density at radius 1 is 1.53 bits per heavy atom. The molecule has 0 aromatic heterocycles. The van der Waals surface area contributed by atoms with Crippen molar-refractivity contribution in [3.63, 3.8) is 0 Å². The Bertz CT molecular complexity index is 231. The number of hydrogen-bond acceptors (Lipinski definition) is 3. The number of likely N-dealkylation sites (N-methyl/N-ethyl adjacent to an activating group) is 1. The van der Waals surface area contributed by atoms with Gasteiger partial charge in [-0.05, 0) is 32.2 Å². The predicted octanol–water partition coefficient (Wildman–Crippen LogP) is 0.833. The molecule has 0 radical (unpaired) electrons. The molecule has 1 rings (SSSR count). The lowest BCUT2D eigenvalue weighted by molar-refractivity contribution is -0.127. The smallest absolute Gasteiger partial charge is 0.238 e. The summed E-state index contributed by atoms with van der Waals surface area (Å²) in [4.78, 5) is 14.2. The van der Waals surface area contributed by atoms with Gasteiger partial charge in [0.2, 0.25) is 5.91 Å². The lowest BCUT2D eigenvalue weighted by Gasteiger charge is -2.35. The van der Waals surface area contributed by atoms with Gasteiger partial charge in [0.05, 0.1) is 0 Å². The van der Waals surface area contributed by atoms with Crippen molar-refractivity contribution >= 4 is 5.91 Å². The molecule has 1 fully saturated rings. The number of piperazine rings is 1. The first-order valence-corrected chi connectivity index (χ1v) is 6.87. The molecule has 1 amide bonds. The third-order valence-electron chi connectivity index (χ3n) is 3.23. The highest BCUT2D eigenvalue weighted by Crippen LogP contribution is 2.09. The summed E-state index contributed by atoms with van der Waals surface area (Å²) in [6, 6.07) is 0.0239. The minimum atomic E-state index is 0.0239. The lowest BCUT2D eigenvalue weighted by Crippen LogP contribution is -2.57. The Labute approximate surface area is 105 Å². The number of rotatable bonds is 6. The van der Waals surface area contributed by atoms with Crippen LogP contribution in [0.3, 0.4) is 0 Å². The minimum Gasteiger partial charge on any atom is -0.355 e. The van der Waals surface area contributed by atoms with E-state index in [0.717, 1.165) is 38.6 Å². The van der Waals surface area contributed by atoms with Gasteiger partial charge in [0.1, 0.15) is 6.04 Å². The molecule has 0 spiro atoms. The molecule has 4 nitrogen and oxygen atoms in total. The molecule has 0 aliphatic carbocycles. The monoisotopic (exact) mass is 241 g/mol. The van der Waals surface area contributed by atoms with Gasteiger partial charge < -0.3 is 10.6 Å². The summed E-state index contributed by atoms with van der Waals surface area (Å²) in [5.74, 6) is 0.921. The van der Waals surface area contributed by atoms with Crippen LogP contribution < -0.4 is 10.6 Å². The number of amides is 1. The molecular weight excluding hydrogens is 214 g/mol. The largest absolute Gasteiger partial charge is 0.355 e. The molecule has 1 heterocycles. The van der Waals surface area contributed by atoms with Gasteiger partial charge in [0, 0.05) is 26.2 Å². The first-order valence-electron chi connectivity index (χ1n) is 6.87. The molecule has 1 atom stereocenters. The van der Waals surface area contributed by atoms with E-state index in [1.54, 1.807) is 0 Å². The zero-order valence-electron chi connectivity index (χ0n) is 11.5. The summed E-state index contributed by atoms with van der Waals surface area (Å²) in [6.07, 6.45) is 2.43. The van der Waals surface area contributed by atoms with E-state index < -0.39 is 0 Å². The van der Waals surface area contributed by atoms with E-state index in [9.17, 15) is 4.79 Å². The zero-order chi connectivity index (χ0) is 12.7. The fourth-order valence-electron chi connectivity index (χ4n) is 2.27. The lowest BCUT2D eigenvalue weighted by atomic mass is 10.1. The number of carbonyl (C=O) groups is 1. The highest BCUT2D eigenvalue weighted by atomic mass is 16.2. The molecule has 0 bridgehead atoms. The van der Waals surface area contributed by atoms with Crippen LogP contribution in [0.2, 0.25) is 0 Å². The normalized spacial score (nSPS) is 21.8. The van der Waals surface area contributed by atoms with Crippen LogP contribution in [0.1, 0.15) is 33.6 Å². The quantitative estimate of drug-likeness (QED) is 0.724. The van der Waals surface area contributed by atoms with Gasteiger partial charge in [0.25, 0.3) is 0 Å². The van der Waals surface area contributed by atoms with Crippen molar-refractivity contribution in [1.82, 2.24) is 15.5 Å². The molecule has 0 saturated carbocycles. The molecule has 2 N–H and O–H groups in total. The molecule has 1 unspecified atom stereocenters. The third kappa shape index (κ3) is 5.04. The highest BCUT2D eigenvalue weighted by Gasteiger charge is 2.27. The Morgan fingerprint density at radius 3 is 2.94 bits per heavy atom. The van der Waals surface area contributed by atoms with Crippen LogP contribution in [0.5, 0.6) is 0 Å². The SMILES string of the molecule is CCNC(=O)C1CNCCN1CCCC(C)C. The van der Waals surface area contributed by atoms with Crippen molar-refractivity contribution in [2.24, 2.45) is 5.92 Å². The second-order valence-electron chi connectivity index (χ2n) is 5.19. The molecule has 1 saturated heterocycles. The number of hydrogen-bond donors (Lipinski definition) is 2. The van der Waals surface area contributed by atoms with E-state index in [1.165, 1.54) is 12.8 Å². The second-order valence-corrected chi connectivity index (χ2v) is 5.19. The molecule has 0 aromatic carbocycles. The third-order valence-corrected chi connectivity index (χ3v) is 3.23. The molecule has 0 aromatic rings. The molecule has 17 heavy (non-hydrogen) atoms. The second kappa shape index (κ2) is 7.67. The average Bonchev–Trinajstić information content (AvgIpc) is 2.29. The van der Waals surface area contributed by atoms with Crippen LogP contribution in [0, 0.1) is 5.92 Å². The molecular formula is C13H27N3O. The zero-order valence-corrected chi connectivity index (χ0v) is 11.5. The van der Waals surface area contributed by atoms with Gasteiger partial charge in [-0.3, -0.25) is 9.69 Å². The van der Waals surface area contributed by atoms with E-state index in [0.29, 0.717) is 0 Å². The predicted molar refractivity (Wildman–Crippen MR) is 71.0 cm³/mol. The number of nitrogens with zero attached hydrogens (tertiary/aromatic N) is 1. The number of carbonyl (C=O) groups excluding carboxylic acids is 1. The minimum absolute atomic E-state index is 0.0239. The Balaban J connectivity index is 2.39. The summed E-state index contributed by atoms with van der Waals surface area (Å²) in [5.41, 5.74) is 0. The average molecular weight is 241 g/mol. The van der Waals surface area contributed by atoms with Crippen LogP contribution in [-0.2, 0) is 4.79 Å². The van der Waals surface area contributed by atoms with Gasteiger partial charge in [-0.15, -0.1) is 0 Å². The fourth-order valence-corrected chi connectivity index (χ4v) is 2.27. The van der Waals surface area contributed by atoms with Crippen LogP contribution >= 0.6 is 0 Å².